The van der Waals surface area contributed by atoms with Crippen molar-refractivity contribution in [2.75, 3.05) is 32.9 Å². The van der Waals surface area contributed by atoms with Crippen LogP contribution in [0.3, 0.4) is 0 Å². The minimum Gasteiger partial charge on any atom is -0.391 e. The highest BCUT2D eigenvalue weighted by molar-refractivity contribution is 7.89. The summed E-state index contributed by atoms with van der Waals surface area (Å²) in [7, 11) is -0.246. The molecule has 0 aliphatic carbocycles. The third-order valence-electron chi connectivity index (χ3n) is 3.97. The predicted molar refractivity (Wildman–Crippen MR) is 80.1 cm³/mol. The Balaban J connectivity index is 1.98. The maximum absolute atomic E-state index is 11.9. The fourth-order valence-electron chi connectivity index (χ4n) is 2.63. The molecule has 120 valence electrons. The van der Waals surface area contributed by atoms with Crippen LogP contribution in [-0.4, -0.2) is 71.3 Å². The molecule has 1 aliphatic heterocycles. The minimum absolute atomic E-state index is 0.0140. The van der Waals surface area contributed by atoms with E-state index >= 15 is 0 Å². The lowest BCUT2D eigenvalue weighted by molar-refractivity contribution is 0.147. The second-order valence-electron chi connectivity index (χ2n) is 5.71. The lowest BCUT2D eigenvalue weighted by Crippen LogP contribution is -2.33. The summed E-state index contributed by atoms with van der Waals surface area (Å²) in [5.74, 6) is 0.683. The first-order valence-corrected chi connectivity index (χ1v) is 8.75. The average Bonchev–Trinajstić information content (AvgIpc) is 2.96. The Kier molecular flexibility index (Phi) is 5.03. The van der Waals surface area contributed by atoms with Crippen LogP contribution in [0.1, 0.15) is 12.7 Å². The topological polar surface area (TPSA) is 78.7 Å². The van der Waals surface area contributed by atoms with E-state index in [1.54, 1.807) is 6.20 Å². The minimum atomic E-state index is -3.29. The van der Waals surface area contributed by atoms with Crippen molar-refractivity contribution in [2.24, 2.45) is 5.92 Å². The molecule has 1 saturated heterocycles. The molecule has 0 unspecified atom stereocenters. The van der Waals surface area contributed by atoms with Crippen LogP contribution in [0.5, 0.6) is 0 Å². The largest absolute Gasteiger partial charge is 0.391 e. The van der Waals surface area contributed by atoms with Crippen LogP contribution in [0.2, 0.25) is 0 Å². The fourth-order valence-corrected chi connectivity index (χ4v) is 3.80. The number of aliphatic hydroxyl groups is 1. The molecular formula is C13H24N4O3S. The number of β-amino-alcohol motifs (C(OH)–C–C–N with tert-alkyl or cyclic N) is 1. The highest BCUT2D eigenvalue weighted by Crippen LogP contribution is 2.21. The molecule has 2 rings (SSSR count). The molecule has 0 amide bonds. The zero-order chi connectivity index (χ0) is 15.6. The van der Waals surface area contributed by atoms with Crippen molar-refractivity contribution >= 4 is 10.0 Å². The van der Waals surface area contributed by atoms with Crippen LogP contribution in [0.4, 0.5) is 0 Å². The van der Waals surface area contributed by atoms with Gasteiger partial charge in [-0.2, -0.15) is 0 Å². The molecule has 8 heteroatoms. The quantitative estimate of drug-likeness (QED) is 0.772. The van der Waals surface area contributed by atoms with Crippen molar-refractivity contribution in [1.82, 2.24) is 18.8 Å². The number of aromatic nitrogens is 2. The van der Waals surface area contributed by atoms with E-state index in [9.17, 15) is 13.5 Å². The monoisotopic (exact) mass is 316 g/mol. The SMILES string of the molecule is CCn1ccnc1CN1C[C@@H](CS(=O)(=O)N(C)C)[C@H](O)C1. The number of imidazole rings is 1. The Morgan fingerprint density at radius 2 is 2.14 bits per heavy atom. The number of likely N-dealkylation sites (tertiary alicyclic amines) is 1. The van der Waals surface area contributed by atoms with Gasteiger partial charge >= 0.3 is 0 Å². The van der Waals surface area contributed by atoms with Crippen molar-refractivity contribution in [2.45, 2.75) is 26.1 Å². The van der Waals surface area contributed by atoms with Crippen LogP contribution >= 0.6 is 0 Å². The first kappa shape index (κ1) is 16.4. The van der Waals surface area contributed by atoms with E-state index in [0.717, 1.165) is 12.4 Å². The van der Waals surface area contributed by atoms with Gasteiger partial charge in [0.05, 0.1) is 18.4 Å². The molecule has 0 spiro atoms. The summed E-state index contributed by atoms with van der Waals surface area (Å²) in [4.78, 5) is 6.38. The standard InChI is InChI=1S/C13H24N4O3S/c1-4-17-6-5-14-13(17)9-16-7-11(12(18)8-16)10-21(19,20)15(2)3/h5-6,11-12,18H,4,7-10H2,1-3H3/t11-,12+/m0/s1. The average molecular weight is 316 g/mol. The molecule has 7 nitrogen and oxygen atoms in total. The van der Waals surface area contributed by atoms with E-state index in [1.165, 1.54) is 18.4 Å². The number of sulfonamides is 1. The molecule has 0 saturated carbocycles. The van der Waals surface area contributed by atoms with Crippen molar-refractivity contribution in [3.63, 3.8) is 0 Å². The Hall–Kier alpha value is -0.960. The molecule has 2 atom stereocenters. The van der Waals surface area contributed by atoms with Gasteiger partial charge in [0.25, 0.3) is 0 Å². The van der Waals surface area contributed by atoms with Crippen LogP contribution in [-0.2, 0) is 23.1 Å². The summed E-state index contributed by atoms with van der Waals surface area (Å²) in [6.07, 6.45) is 3.08. The summed E-state index contributed by atoms with van der Waals surface area (Å²) in [6.45, 7) is 4.60. The fraction of sp³-hybridized carbons (Fsp3) is 0.769. The van der Waals surface area contributed by atoms with Crippen molar-refractivity contribution in [3.05, 3.63) is 18.2 Å². The molecule has 1 N–H and O–H groups in total. The number of nitrogens with zero attached hydrogens (tertiary/aromatic N) is 4. The number of hydrogen-bond acceptors (Lipinski definition) is 5. The van der Waals surface area contributed by atoms with Gasteiger partial charge in [-0.05, 0) is 6.92 Å². The van der Waals surface area contributed by atoms with Crippen LogP contribution in [0, 0.1) is 5.92 Å². The summed E-state index contributed by atoms with van der Waals surface area (Å²) >= 11 is 0. The van der Waals surface area contributed by atoms with Crippen molar-refractivity contribution < 1.29 is 13.5 Å². The van der Waals surface area contributed by atoms with Crippen LogP contribution in [0.15, 0.2) is 12.4 Å². The lowest BCUT2D eigenvalue weighted by Gasteiger charge is -2.18. The van der Waals surface area contributed by atoms with E-state index in [1.807, 2.05) is 6.20 Å². The zero-order valence-corrected chi connectivity index (χ0v) is 13.6. The normalized spacial score (nSPS) is 24.0. The van der Waals surface area contributed by atoms with Crippen LogP contribution in [0.25, 0.3) is 0 Å². The molecule has 0 bridgehead atoms. The molecular weight excluding hydrogens is 292 g/mol. The zero-order valence-electron chi connectivity index (χ0n) is 12.8. The van der Waals surface area contributed by atoms with Gasteiger partial charge in [0.15, 0.2) is 0 Å². The van der Waals surface area contributed by atoms with E-state index in [2.05, 4.69) is 21.4 Å². The van der Waals surface area contributed by atoms with E-state index in [4.69, 9.17) is 0 Å². The van der Waals surface area contributed by atoms with Crippen molar-refractivity contribution in [3.8, 4) is 0 Å². The number of rotatable bonds is 6. The Morgan fingerprint density at radius 3 is 2.76 bits per heavy atom. The molecule has 1 aromatic heterocycles. The summed E-state index contributed by atoms with van der Waals surface area (Å²) in [5, 5.41) is 10.1. The first-order chi connectivity index (χ1) is 9.83. The van der Waals surface area contributed by atoms with Crippen LogP contribution < -0.4 is 0 Å². The predicted octanol–water partition coefficient (Wildman–Crippen LogP) is -0.413. The van der Waals surface area contributed by atoms with Gasteiger partial charge in [-0.15, -0.1) is 0 Å². The smallest absolute Gasteiger partial charge is 0.214 e. The summed E-state index contributed by atoms with van der Waals surface area (Å²) < 4.78 is 27.1. The molecule has 2 heterocycles. The van der Waals surface area contributed by atoms with Gasteiger partial charge in [-0.25, -0.2) is 17.7 Å². The molecule has 1 aromatic rings. The maximum atomic E-state index is 11.9. The maximum Gasteiger partial charge on any atom is 0.214 e. The number of hydrogen-bond donors (Lipinski definition) is 1. The second-order valence-corrected chi connectivity index (χ2v) is 7.94. The van der Waals surface area contributed by atoms with Gasteiger partial charge in [-0.1, -0.05) is 0 Å². The van der Waals surface area contributed by atoms with E-state index < -0.39 is 16.1 Å². The number of aliphatic hydroxyl groups excluding tert-OH is 1. The molecule has 1 aliphatic rings. The van der Waals surface area contributed by atoms with Gasteiger partial charge in [0.1, 0.15) is 5.82 Å². The van der Waals surface area contributed by atoms with Gasteiger partial charge in [-0.3, -0.25) is 4.90 Å². The Morgan fingerprint density at radius 1 is 1.43 bits per heavy atom. The van der Waals surface area contributed by atoms with Gasteiger partial charge in [0.2, 0.25) is 10.0 Å². The van der Waals surface area contributed by atoms with Gasteiger partial charge < -0.3 is 9.67 Å². The summed E-state index contributed by atoms with van der Waals surface area (Å²) in [5.41, 5.74) is 0. The Labute approximate surface area is 126 Å². The summed E-state index contributed by atoms with van der Waals surface area (Å²) in [6, 6.07) is 0. The van der Waals surface area contributed by atoms with E-state index in [0.29, 0.717) is 19.6 Å². The molecule has 21 heavy (non-hydrogen) atoms. The Bertz CT molecular complexity index is 570. The number of aryl methyl sites for hydroxylation is 1. The highest BCUT2D eigenvalue weighted by Gasteiger charge is 2.35. The molecule has 0 aromatic carbocycles. The van der Waals surface area contributed by atoms with Gasteiger partial charge in [0, 0.05) is 52.0 Å². The third-order valence-corrected chi connectivity index (χ3v) is 5.93. The highest BCUT2D eigenvalue weighted by atomic mass is 32.2. The van der Waals surface area contributed by atoms with E-state index in [-0.39, 0.29) is 11.7 Å². The van der Waals surface area contributed by atoms with Crippen molar-refractivity contribution in [1.29, 1.82) is 0 Å². The third kappa shape index (κ3) is 3.82. The lowest BCUT2D eigenvalue weighted by atomic mass is 10.1. The first-order valence-electron chi connectivity index (χ1n) is 7.14. The molecule has 1 fully saturated rings. The molecule has 0 radical (unpaired) electrons. The second kappa shape index (κ2) is 6.43.